The fourth-order valence-corrected chi connectivity index (χ4v) is 1.43. The van der Waals surface area contributed by atoms with Gasteiger partial charge in [-0.05, 0) is 34.2 Å². The summed E-state index contributed by atoms with van der Waals surface area (Å²) >= 11 is 12.5. The summed E-state index contributed by atoms with van der Waals surface area (Å²) in [7, 11) is 0. The molecule has 0 fully saturated rings. The number of alkyl halides is 2. The Kier molecular flexibility index (Phi) is 3.42. The second-order valence-corrected chi connectivity index (χ2v) is 3.56. The molecule has 7 heteroatoms. The highest BCUT2D eigenvalue weighted by Crippen LogP contribution is 2.27. The van der Waals surface area contributed by atoms with Gasteiger partial charge in [0.2, 0.25) is 5.28 Å². The topological polar surface area (TPSA) is 25.8 Å². The quantitative estimate of drug-likeness (QED) is 0.450. The van der Waals surface area contributed by atoms with Crippen molar-refractivity contribution in [3.63, 3.8) is 0 Å². The van der Waals surface area contributed by atoms with Gasteiger partial charge in [0, 0.05) is 0 Å². The van der Waals surface area contributed by atoms with Gasteiger partial charge in [-0.1, -0.05) is 11.6 Å². The van der Waals surface area contributed by atoms with Crippen LogP contribution in [0, 0.1) is 3.57 Å². The van der Waals surface area contributed by atoms with Gasteiger partial charge in [-0.15, -0.1) is 0 Å². The molecule has 2 nitrogen and oxygen atoms in total. The molecule has 0 amide bonds. The summed E-state index contributed by atoms with van der Waals surface area (Å²) in [5.74, 6) is 0. The van der Waals surface area contributed by atoms with Crippen LogP contribution in [0.1, 0.15) is 12.1 Å². The van der Waals surface area contributed by atoms with E-state index >= 15 is 0 Å². The molecule has 0 unspecified atom stereocenters. The molecule has 1 aromatic rings. The van der Waals surface area contributed by atoms with Crippen LogP contribution < -0.4 is 0 Å². The zero-order valence-electron chi connectivity index (χ0n) is 5.36. The maximum Gasteiger partial charge on any atom is 0.281 e. The molecule has 1 aromatic heterocycles. The molecule has 0 N–H and O–H groups in total. The van der Waals surface area contributed by atoms with Crippen molar-refractivity contribution in [2.45, 2.75) is 6.43 Å². The number of rotatable bonds is 1. The van der Waals surface area contributed by atoms with Gasteiger partial charge in [0.1, 0.15) is 10.8 Å². The molecule has 0 saturated heterocycles. The number of hydrogen-bond donors (Lipinski definition) is 0. The fraction of sp³-hybridized carbons (Fsp3) is 0.200. The van der Waals surface area contributed by atoms with E-state index in [1.807, 2.05) is 0 Å². The summed E-state index contributed by atoms with van der Waals surface area (Å²) < 4.78 is 24.5. The van der Waals surface area contributed by atoms with Gasteiger partial charge >= 0.3 is 0 Å². The molecule has 0 radical (unpaired) electrons. The lowest BCUT2D eigenvalue weighted by Crippen LogP contribution is -1.98. The SMILES string of the molecule is FC(F)c1nc(Cl)nc(Cl)c1I. The summed E-state index contributed by atoms with van der Waals surface area (Å²) in [5.41, 5.74) is -0.430. The van der Waals surface area contributed by atoms with Crippen molar-refractivity contribution in [2.75, 3.05) is 0 Å². The Balaban J connectivity index is 3.28. The van der Waals surface area contributed by atoms with Crippen LogP contribution >= 0.6 is 45.8 Å². The van der Waals surface area contributed by atoms with Crippen molar-refractivity contribution in [3.8, 4) is 0 Å². The van der Waals surface area contributed by atoms with E-state index < -0.39 is 12.1 Å². The minimum absolute atomic E-state index is 0.0501. The van der Waals surface area contributed by atoms with Gasteiger partial charge in [-0.25, -0.2) is 18.7 Å². The highest BCUT2D eigenvalue weighted by molar-refractivity contribution is 14.1. The summed E-state index contributed by atoms with van der Waals surface area (Å²) in [4.78, 5) is 6.84. The third kappa shape index (κ3) is 2.14. The molecule has 0 aliphatic heterocycles. The number of halogens is 5. The van der Waals surface area contributed by atoms with Crippen LogP contribution in [0.3, 0.4) is 0 Å². The summed E-state index contributed by atoms with van der Waals surface area (Å²) in [6.07, 6.45) is -2.69. The van der Waals surface area contributed by atoms with E-state index in [-0.39, 0.29) is 14.0 Å². The van der Waals surface area contributed by atoms with E-state index in [9.17, 15) is 8.78 Å². The van der Waals surface area contributed by atoms with Crippen molar-refractivity contribution in [1.82, 2.24) is 9.97 Å². The van der Waals surface area contributed by atoms with Crippen LogP contribution in [-0.4, -0.2) is 9.97 Å². The normalized spacial score (nSPS) is 10.8. The van der Waals surface area contributed by atoms with Crippen LogP contribution in [0.2, 0.25) is 10.4 Å². The predicted octanol–water partition coefficient (Wildman–Crippen LogP) is 3.33. The Morgan fingerprint density at radius 2 is 1.83 bits per heavy atom. The van der Waals surface area contributed by atoms with E-state index in [1.54, 1.807) is 22.6 Å². The van der Waals surface area contributed by atoms with E-state index in [4.69, 9.17) is 23.2 Å². The molecule has 12 heavy (non-hydrogen) atoms. The first-order chi connectivity index (χ1) is 5.52. The van der Waals surface area contributed by atoms with Crippen LogP contribution in [0.15, 0.2) is 0 Å². The van der Waals surface area contributed by atoms with Crippen LogP contribution in [0.25, 0.3) is 0 Å². The smallest absolute Gasteiger partial charge is 0.216 e. The lowest BCUT2D eigenvalue weighted by molar-refractivity contribution is 0.145. The van der Waals surface area contributed by atoms with Crippen molar-refractivity contribution >= 4 is 45.8 Å². The number of nitrogens with zero attached hydrogens (tertiary/aromatic N) is 2. The highest BCUT2D eigenvalue weighted by atomic mass is 127. The highest BCUT2D eigenvalue weighted by Gasteiger charge is 2.17. The monoisotopic (exact) mass is 324 g/mol. The molecular formula is C5HCl2F2IN2. The second kappa shape index (κ2) is 3.97. The molecule has 0 aliphatic rings. The summed E-state index contributed by atoms with van der Waals surface area (Å²) in [6, 6.07) is 0. The zero-order chi connectivity index (χ0) is 9.30. The molecule has 0 aliphatic carbocycles. The molecule has 1 heterocycles. The Labute approximate surface area is 90.4 Å². The average Bonchev–Trinajstić information content (AvgIpc) is 1.96. The molecule has 0 atom stereocenters. The molecule has 0 saturated carbocycles. The zero-order valence-corrected chi connectivity index (χ0v) is 9.03. The Morgan fingerprint density at radius 1 is 1.25 bits per heavy atom. The van der Waals surface area contributed by atoms with Gasteiger partial charge in [-0.2, -0.15) is 0 Å². The van der Waals surface area contributed by atoms with E-state index in [1.165, 1.54) is 0 Å². The molecular weight excluding hydrogens is 324 g/mol. The lowest BCUT2D eigenvalue weighted by atomic mass is 10.4. The maximum atomic E-state index is 12.2. The largest absolute Gasteiger partial charge is 0.281 e. The average molecular weight is 325 g/mol. The Hall–Kier alpha value is 0.250. The van der Waals surface area contributed by atoms with Gasteiger partial charge < -0.3 is 0 Å². The van der Waals surface area contributed by atoms with Gasteiger partial charge in [0.15, 0.2) is 0 Å². The van der Waals surface area contributed by atoms with Gasteiger partial charge in [0.25, 0.3) is 6.43 Å². The second-order valence-electron chi connectivity index (χ2n) is 1.78. The first-order valence-electron chi connectivity index (χ1n) is 2.69. The molecule has 66 valence electrons. The van der Waals surface area contributed by atoms with E-state index in [0.29, 0.717) is 0 Å². The third-order valence-electron chi connectivity index (χ3n) is 1.02. The third-order valence-corrected chi connectivity index (χ3v) is 2.84. The van der Waals surface area contributed by atoms with Crippen molar-refractivity contribution in [3.05, 3.63) is 19.7 Å². The first kappa shape index (κ1) is 10.3. The minimum Gasteiger partial charge on any atom is -0.216 e. The van der Waals surface area contributed by atoms with Crippen molar-refractivity contribution < 1.29 is 8.78 Å². The maximum absolute atomic E-state index is 12.2. The van der Waals surface area contributed by atoms with Crippen LogP contribution in [0.5, 0.6) is 0 Å². The summed E-state index contributed by atoms with van der Waals surface area (Å²) in [5, 5.41) is -0.318. The molecule has 0 spiro atoms. The van der Waals surface area contributed by atoms with E-state index in [2.05, 4.69) is 9.97 Å². The molecule has 0 aromatic carbocycles. The Bertz CT molecular complexity index is 308. The van der Waals surface area contributed by atoms with Crippen LogP contribution in [-0.2, 0) is 0 Å². The number of aromatic nitrogens is 2. The van der Waals surface area contributed by atoms with Gasteiger partial charge in [-0.3, -0.25) is 0 Å². The first-order valence-corrected chi connectivity index (χ1v) is 4.52. The molecule has 1 rings (SSSR count). The van der Waals surface area contributed by atoms with Crippen molar-refractivity contribution in [2.24, 2.45) is 0 Å². The number of hydrogen-bond acceptors (Lipinski definition) is 2. The predicted molar refractivity (Wildman–Crippen MR) is 49.7 cm³/mol. The van der Waals surface area contributed by atoms with Crippen molar-refractivity contribution in [1.29, 1.82) is 0 Å². The lowest BCUT2D eigenvalue weighted by Gasteiger charge is -2.02. The summed E-state index contributed by atoms with van der Waals surface area (Å²) in [6.45, 7) is 0. The van der Waals surface area contributed by atoms with E-state index in [0.717, 1.165) is 0 Å². The molecule has 0 bridgehead atoms. The minimum atomic E-state index is -2.69. The standard InChI is InChI=1S/C5HCl2F2IN2/c6-3-1(10)2(4(8)9)11-5(7)12-3/h4H. The Morgan fingerprint density at radius 3 is 2.33 bits per heavy atom. The fourth-order valence-electron chi connectivity index (χ4n) is 0.554. The van der Waals surface area contributed by atoms with Crippen LogP contribution in [0.4, 0.5) is 8.78 Å². The van der Waals surface area contributed by atoms with Gasteiger partial charge in [0.05, 0.1) is 3.57 Å².